The first-order valence-electron chi connectivity index (χ1n) is 5.88. The average Bonchev–Trinajstić information content (AvgIpc) is 2.38. The van der Waals surface area contributed by atoms with Crippen LogP contribution in [0.15, 0.2) is 48.5 Å². The molecule has 1 N–H and O–H groups in total. The third-order valence-electron chi connectivity index (χ3n) is 2.90. The first-order valence-corrected chi connectivity index (χ1v) is 7.34. The Hall–Kier alpha value is -0.580. The maximum Gasteiger partial charge on any atom is 0.0406 e. The second-order valence-electron chi connectivity index (χ2n) is 4.28. The molecule has 0 aliphatic heterocycles. The Kier molecular flexibility index (Phi) is 5.03. The van der Waals surface area contributed by atoms with E-state index in [1.54, 1.807) is 0 Å². The van der Waals surface area contributed by atoms with Gasteiger partial charge in [0.05, 0.1) is 0 Å². The van der Waals surface area contributed by atoms with Crippen LogP contribution in [0.1, 0.15) is 24.1 Å². The number of benzene rings is 2. The quantitative estimate of drug-likeness (QED) is 0.762. The van der Waals surface area contributed by atoms with Crippen molar-refractivity contribution in [1.29, 1.82) is 0 Å². The highest BCUT2D eigenvalue weighted by Gasteiger charge is 2.04. The van der Waals surface area contributed by atoms with Gasteiger partial charge in [-0.25, -0.2) is 0 Å². The Morgan fingerprint density at radius 1 is 1.06 bits per heavy atom. The molecule has 0 heterocycles. The van der Waals surface area contributed by atoms with E-state index in [-0.39, 0.29) is 0 Å². The molecule has 0 radical (unpaired) electrons. The van der Waals surface area contributed by atoms with Crippen molar-refractivity contribution in [3.63, 3.8) is 0 Å². The van der Waals surface area contributed by atoms with E-state index < -0.39 is 0 Å². The predicted octanol–water partition coefficient (Wildman–Crippen LogP) is 4.80. The third kappa shape index (κ3) is 3.97. The van der Waals surface area contributed by atoms with Crippen molar-refractivity contribution >= 4 is 34.2 Å². The zero-order valence-corrected chi connectivity index (χ0v) is 13.1. The fraction of sp³-hybridized carbons (Fsp3) is 0.200. The molecule has 3 heteroatoms. The summed E-state index contributed by atoms with van der Waals surface area (Å²) in [6.07, 6.45) is 0. The van der Waals surface area contributed by atoms with Crippen LogP contribution in [0.5, 0.6) is 0 Å². The zero-order valence-electron chi connectivity index (χ0n) is 10.2. The predicted molar refractivity (Wildman–Crippen MR) is 85.9 cm³/mol. The Labute approximate surface area is 127 Å². The molecule has 1 nitrogen and oxygen atoms in total. The van der Waals surface area contributed by atoms with E-state index in [9.17, 15) is 0 Å². The molecule has 2 aromatic rings. The van der Waals surface area contributed by atoms with Gasteiger partial charge in [0.15, 0.2) is 0 Å². The molecule has 0 amide bonds. The van der Waals surface area contributed by atoms with Gasteiger partial charge < -0.3 is 5.32 Å². The first kappa shape index (κ1) is 13.8. The van der Waals surface area contributed by atoms with Crippen molar-refractivity contribution in [2.45, 2.75) is 19.5 Å². The smallest absolute Gasteiger partial charge is 0.0406 e. The fourth-order valence-electron chi connectivity index (χ4n) is 1.74. The Morgan fingerprint density at radius 2 is 1.67 bits per heavy atom. The summed E-state index contributed by atoms with van der Waals surface area (Å²) in [5.41, 5.74) is 2.56. The third-order valence-corrected chi connectivity index (χ3v) is 3.87. The summed E-state index contributed by atoms with van der Waals surface area (Å²) in [4.78, 5) is 0. The molecule has 0 spiro atoms. The van der Waals surface area contributed by atoms with E-state index in [1.807, 2.05) is 12.1 Å². The second kappa shape index (κ2) is 6.55. The Bertz CT molecular complexity index is 493. The minimum atomic E-state index is 0.321. The molecule has 0 saturated carbocycles. The molecule has 94 valence electrons. The number of hydrogen-bond acceptors (Lipinski definition) is 1. The summed E-state index contributed by atoms with van der Waals surface area (Å²) in [6, 6.07) is 16.9. The van der Waals surface area contributed by atoms with E-state index in [2.05, 4.69) is 71.2 Å². The summed E-state index contributed by atoms with van der Waals surface area (Å²) < 4.78 is 1.27. The molecule has 0 aliphatic carbocycles. The maximum absolute atomic E-state index is 5.88. The number of halogens is 2. The van der Waals surface area contributed by atoms with Crippen LogP contribution in [-0.4, -0.2) is 0 Å². The van der Waals surface area contributed by atoms with Gasteiger partial charge in [-0.3, -0.25) is 0 Å². The van der Waals surface area contributed by atoms with Gasteiger partial charge in [-0.15, -0.1) is 0 Å². The summed E-state index contributed by atoms with van der Waals surface area (Å²) in [6.45, 7) is 3.04. The zero-order chi connectivity index (χ0) is 13.0. The van der Waals surface area contributed by atoms with Gasteiger partial charge in [-0.1, -0.05) is 35.9 Å². The van der Waals surface area contributed by atoms with Crippen molar-refractivity contribution in [3.8, 4) is 0 Å². The van der Waals surface area contributed by atoms with Crippen LogP contribution in [0.2, 0.25) is 5.02 Å². The Morgan fingerprint density at radius 3 is 2.28 bits per heavy atom. The lowest BCUT2D eigenvalue weighted by Crippen LogP contribution is -2.17. The molecule has 0 aromatic heterocycles. The maximum atomic E-state index is 5.88. The molecule has 1 atom stereocenters. The van der Waals surface area contributed by atoms with Crippen LogP contribution < -0.4 is 5.32 Å². The largest absolute Gasteiger partial charge is 0.306 e. The van der Waals surface area contributed by atoms with E-state index in [0.717, 1.165) is 11.6 Å². The molecule has 18 heavy (non-hydrogen) atoms. The standard InChI is InChI=1S/C15H15ClIN/c1-11(13-4-6-14(16)7-5-13)18-10-12-2-8-15(17)9-3-12/h2-9,11,18H,10H2,1H3/t11-/m0/s1. The van der Waals surface area contributed by atoms with Gasteiger partial charge in [-0.2, -0.15) is 0 Å². The first-order chi connectivity index (χ1) is 8.65. The van der Waals surface area contributed by atoms with Gasteiger partial charge >= 0.3 is 0 Å². The van der Waals surface area contributed by atoms with E-state index in [4.69, 9.17) is 11.6 Å². The van der Waals surface area contributed by atoms with Crippen LogP contribution in [-0.2, 0) is 6.54 Å². The highest BCUT2D eigenvalue weighted by atomic mass is 127. The molecule has 0 aliphatic rings. The van der Waals surface area contributed by atoms with E-state index in [0.29, 0.717) is 6.04 Å². The van der Waals surface area contributed by atoms with Crippen LogP contribution in [0.3, 0.4) is 0 Å². The van der Waals surface area contributed by atoms with Crippen LogP contribution in [0.4, 0.5) is 0 Å². The van der Waals surface area contributed by atoms with Gasteiger partial charge in [0.2, 0.25) is 0 Å². The Balaban J connectivity index is 1.93. The molecule has 0 bridgehead atoms. The normalized spacial score (nSPS) is 12.4. The lowest BCUT2D eigenvalue weighted by molar-refractivity contribution is 0.575. The molecule has 0 fully saturated rings. The molecular formula is C15H15ClIN. The minimum Gasteiger partial charge on any atom is -0.306 e. The monoisotopic (exact) mass is 371 g/mol. The van der Waals surface area contributed by atoms with Crippen LogP contribution in [0.25, 0.3) is 0 Å². The van der Waals surface area contributed by atoms with E-state index >= 15 is 0 Å². The van der Waals surface area contributed by atoms with Gasteiger partial charge in [-0.05, 0) is 64.9 Å². The van der Waals surface area contributed by atoms with Crippen molar-refractivity contribution in [2.75, 3.05) is 0 Å². The number of nitrogens with one attached hydrogen (secondary N) is 1. The van der Waals surface area contributed by atoms with Gasteiger partial charge in [0.25, 0.3) is 0 Å². The summed E-state index contributed by atoms with van der Waals surface area (Å²) >= 11 is 8.20. The van der Waals surface area contributed by atoms with Crippen molar-refractivity contribution in [3.05, 3.63) is 68.3 Å². The van der Waals surface area contributed by atoms with Gasteiger partial charge in [0.1, 0.15) is 0 Å². The molecule has 2 aromatic carbocycles. The van der Waals surface area contributed by atoms with Crippen LogP contribution in [0, 0.1) is 3.57 Å². The van der Waals surface area contributed by atoms with Crippen LogP contribution >= 0.6 is 34.2 Å². The fourth-order valence-corrected chi connectivity index (χ4v) is 2.23. The minimum absolute atomic E-state index is 0.321. The highest BCUT2D eigenvalue weighted by molar-refractivity contribution is 14.1. The van der Waals surface area contributed by atoms with Crippen molar-refractivity contribution in [2.24, 2.45) is 0 Å². The average molecular weight is 372 g/mol. The van der Waals surface area contributed by atoms with Crippen molar-refractivity contribution in [1.82, 2.24) is 5.32 Å². The van der Waals surface area contributed by atoms with Gasteiger partial charge in [0, 0.05) is 21.2 Å². The molecular weight excluding hydrogens is 357 g/mol. The summed E-state index contributed by atoms with van der Waals surface area (Å²) in [7, 11) is 0. The van der Waals surface area contributed by atoms with Crippen molar-refractivity contribution < 1.29 is 0 Å². The molecule has 0 unspecified atom stereocenters. The molecule has 0 saturated heterocycles. The number of rotatable bonds is 4. The summed E-state index contributed by atoms with van der Waals surface area (Å²) in [5.74, 6) is 0. The number of hydrogen-bond donors (Lipinski definition) is 1. The van der Waals surface area contributed by atoms with E-state index in [1.165, 1.54) is 14.7 Å². The second-order valence-corrected chi connectivity index (χ2v) is 5.96. The molecule has 2 rings (SSSR count). The summed E-state index contributed by atoms with van der Waals surface area (Å²) in [5, 5.41) is 4.29. The lowest BCUT2D eigenvalue weighted by atomic mass is 10.1. The highest BCUT2D eigenvalue weighted by Crippen LogP contribution is 2.16. The topological polar surface area (TPSA) is 12.0 Å². The SMILES string of the molecule is C[C@H](NCc1ccc(I)cc1)c1ccc(Cl)cc1. The lowest BCUT2D eigenvalue weighted by Gasteiger charge is -2.14.